The number of nitrogens with zero attached hydrogens (tertiary/aromatic N) is 6. The third-order valence-electron chi connectivity index (χ3n) is 4.95. The first-order valence-electron chi connectivity index (χ1n) is 9.48. The zero-order chi connectivity index (χ0) is 22.0. The molecule has 0 radical (unpaired) electrons. The predicted octanol–water partition coefficient (Wildman–Crippen LogP) is 0.101. The summed E-state index contributed by atoms with van der Waals surface area (Å²) in [6.07, 6.45) is 0. The fraction of sp³-hybridized carbons (Fsp3) is 0.263. The van der Waals surface area contributed by atoms with Gasteiger partial charge in [-0.1, -0.05) is 24.3 Å². The summed E-state index contributed by atoms with van der Waals surface area (Å²) in [5.41, 5.74) is -0.0192. The molecule has 1 amide bonds. The third kappa shape index (κ3) is 4.25. The van der Waals surface area contributed by atoms with Crippen LogP contribution in [0.5, 0.6) is 0 Å². The third-order valence-corrected chi connectivity index (χ3v) is 6.85. The first kappa shape index (κ1) is 20.9. The van der Waals surface area contributed by atoms with Crippen LogP contribution in [0.15, 0.2) is 64.3 Å². The molecule has 0 unspecified atom stereocenters. The quantitative estimate of drug-likeness (QED) is 0.550. The summed E-state index contributed by atoms with van der Waals surface area (Å²) in [6.45, 7) is 0.124. The molecule has 0 saturated carbocycles. The van der Waals surface area contributed by atoms with Gasteiger partial charge in [0.15, 0.2) is 0 Å². The van der Waals surface area contributed by atoms with E-state index in [1.54, 1.807) is 30.3 Å². The van der Waals surface area contributed by atoms with Crippen molar-refractivity contribution >= 4 is 15.9 Å². The van der Waals surface area contributed by atoms with E-state index in [2.05, 4.69) is 10.4 Å². The largest absolute Gasteiger partial charge is 0.368 e. The van der Waals surface area contributed by atoms with Crippen LogP contribution in [0.3, 0.4) is 0 Å². The Bertz CT molecular complexity index is 1250. The molecule has 2 aromatic carbocycles. The number of piperazine rings is 1. The van der Waals surface area contributed by atoms with Crippen molar-refractivity contribution in [3.63, 3.8) is 0 Å². The number of hydrogen-bond acceptors (Lipinski definition) is 6. The zero-order valence-corrected chi connectivity index (χ0v) is 17.2. The molecule has 12 heteroatoms. The van der Waals surface area contributed by atoms with E-state index in [9.17, 15) is 22.4 Å². The maximum absolute atomic E-state index is 13.4. The lowest BCUT2D eigenvalue weighted by atomic mass is 10.3. The van der Waals surface area contributed by atoms with Gasteiger partial charge in [0.05, 0.1) is 10.6 Å². The van der Waals surface area contributed by atoms with E-state index in [-0.39, 0.29) is 43.5 Å². The van der Waals surface area contributed by atoms with Crippen molar-refractivity contribution in [3.05, 3.63) is 70.9 Å². The van der Waals surface area contributed by atoms with Gasteiger partial charge in [-0.25, -0.2) is 17.6 Å². The molecular weight excluding hydrogens is 427 g/mol. The van der Waals surface area contributed by atoms with Gasteiger partial charge in [-0.3, -0.25) is 4.79 Å². The fourth-order valence-electron chi connectivity index (χ4n) is 3.29. The number of rotatable bonds is 5. The molecule has 162 valence electrons. The van der Waals surface area contributed by atoms with E-state index in [1.807, 2.05) is 0 Å². The van der Waals surface area contributed by atoms with Crippen molar-refractivity contribution in [2.24, 2.45) is 0 Å². The Balaban J connectivity index is 1.40. The number of amides is 1. The number of carbonyl (C=O) groups excluding carboxylic acids is 1. The highest BCUT2D eigenvalue weighted by molar-refractivity contribution is 7.89. The number of hydrogen-bond donors (Lipinski definition) is 0. The van der Waals surface area contributed by atoms with Crippen LogP contribution >= 0.6 is 0 Å². The molecule has 1 fully saturated rings. The normalized spacial score (nSPS) is 15.2. The van der Waals surface area contributed by atoms with Crippen LogP contribution in [0.1, 0.15) is 0 Å². The first-order valence-corrected chi connectivity index (χ1v) is 10.9. The molecule has 1 aromatic heterocycles. The molecule has 0 atom stereocenters. The molecule has 0 aliphatic carbocycles. The van der Waals surface area contributed by atoms with Gasteiger partial charge in [-0.2, -0.15) is 13.7 Å². The van der Waals surface area contributed by atoms with Gasteiger partial charge in [-0.05, 0) is 40.8 Å². The van der Waals surface area contributed by atoms with Crippen molar-refractivity contribution in [3.8, 4) is 5.69 Å². The van der Waals surface area contributed by atoms with Crippen LogP contribution < -0.4 is 5.69 Å². The maximum Gasteiger partial charge on any atom is 0.368 e. The average molecular weight is 446 g/mol. The lowest BCUT2D eigenvalue weighted by Crippen LogP contribution is -2.51. The Morgan fingerprint density at radius 1 is 0.968 bits per heavy atom. The van der Waals surface area contributed by atoms with Crippen LogP contribution in [0, 0.1) is 5.82 Å². The van der Waals surface area contributed by atoms with Gasteiger partial charge < -0.3 is 4.90 Å². The first-order chi connectivity index (χ1) is 14.9. The fourth-order valence-corrected chi connectivity index (χ4v) is 4.74. The molecule has 0 N–H and O–H groups in total. The molecule has 1 aliphatic heterocycles. The molecule has 3 aromatic rings. The topological polar surface area (TPSA) is 110 Å². The predicted molar refractivity (Wildman–Crippen MR) is 107 cm³/mol. The van der Waals surface area contributed by atoms with E-state index >= 15 is 0 Å². The van der Waals surface area contributed by atoms with Crippen LogP contribution in [-0.2, 0) is 21.4 Å². The van der Waals surface area contributed by atoms with E-state index < -0.39 is 21.5 Å². The lowest BCUT2D eigenvalue weighted by molar-refractivity contribution is -0.133. The smallest absolute Gasteiger partial charge is 0.338 e. The molecule has 1 aliphatic rings. The second-order valence-corrected chi connectivity index (χ2v) is 8.85. The molecule has 1 saturated heterocycles. The Morgan fingerprint density at radius 3 is 2.35 bits per heavy atom. The Kier molecular flexibility index (Phi) is 5.65. The van der Waals surface area contributed by atoms with Crippen LogP contribution in [-0.4, -0.2) is 69.5 Å². The van der Waals surface area contributed by atoms with E-state index in [1.165, 1.54) is 27.4 Å². The highest BCUT2D eigenvalue weighted by Gasteiger charge is 2.30. The van der Waals surface area contributed by atoms with Crippen molar-refractivity contribution in [2.45, 2.75) is 11.4 Å². The van der Waals surface area contributed by atoms with Crippen molar-refractivity contribution in [1.82, 2.24) is 29.0 Å². The van der Waals surface area contributed by atoms with Gasteiger partial charge in [0.1, 0.15) is 12.4 Å². The minimum Gasteiger partial charge on any atom is -0.338 e. The van der Waals surface area contributed by atoms with Gasteiger partial charge in [0.25, 0.3) is 0 Å². The Labute approximate surface area is 177 Å². The van der Waals surface area contributed by atoms with Crippen LogP contribution in [0.25, 0.3) is 5.69 Å². The molecule has 10 nitrogen and oxygen atoms in total. The minimum atomic E-state index is -3.85. The standard InChI is InChI=1S/C19H19FN6O4S/c20-15-5-4-8-17(13-15)31(29,30)24-11-9-23(10-12-24)18(27)14-25-19(28)26(22-21-25)16-6-2-1-3-7-16/h1-8,13H,9-12,14H2. The number of halogens is 1. The summed E-state index contributed by atoms with van der Waals surface area (Å²) in [4.78, 5) is 26.4. The molecule has 2 heterocycles. The van der Waals surface area contributed by atoms with Gasteiger partial charge in [0.2, 0.25) is 15.9 Å². The highest BCUT2D eigenvalue weighted by Crippen LogP contribution is 2.18. The van der Waals surface area contributed by atoms with Gasteiger partial charge >= 0.3 is 5.69 Å². The molecule has 0 bridgehead atoms. The van der Waals surface area contributed by atoms with E-state index in [0.717, 1.165) is 15.4 Å². The lowest BCUT2D eigenvalue weighted by Gasteiger charge is -2.33. The Hall–Kier alpha value is -3.38. The summed E-state index contributed by atoms with van der Waals surface area (Å²) < 4.78 is 42.0. The summed E-state index contributed by atoms with van der Waals surface area (Å²) in [5.74, 6) is -1.01. The van der Waals surface area contributed by atoms with Crippen molar-refractivity contribution < 1.29 is 17.6 Å². The number of para-hydroxylation sites is 1. The van der Waals surface area contributed by atoms with Gasteiger partial charge in [-0.15, -0.1) is 0 Å². The zero-order valence-electron chi connectivity index (χ0n) is 16.3. The van der Waals surface area contributed by atoms with Crippen LogP contribution in [0.4, 0.5) is 4.39 Å². The van der Waals surface area contributed by atoms with Crippen molar-refractivity contribution in [2.75, 3.05) is 26.2 Å². The van der Waals surface area contributed by atoms with Gasteiger partial charge in [0, 0.05) is 26.2 Å². The summed E-state index contributed by atoms with van der Waals surface area (Å²) in [6, 6.07) is 13.5. The maximum atomic E-state index is 13.4. The summed E-state index contributed by atoms with van der Waals surface area (Å²) >= 11 is 0. The average Bonchev–Trinajstić information content (AvgIpc) is 3.14. The summed E-state index contributed by atoms with van der Waals surface area (Å²) in [7, 11) is -3.85. The minimum absolute atomic E-state index is 0.0657. The Morgan fingerprint density at radius 2 is 1.68 bits per heavy atom. The number of tetrazole rings is 1. The number of carbonyl (C=O) groups is 1. The SMILES string of the molecule is O=C(Cn1nnn(-c2ccccc2)c1=O)N1CCN(S(=O)(=O)c2cccc(F)c2)CC1. The number of sulfonamides is 1. The monoisotopic (exact) mass is 446 g/mol. The summed E-state index contributed by atoms with van der Waals surface area (Å²) in [5, 5.41) is 7.55. The second-order valence-electron chi connectivity index (χ2n) is 6.91. The van der Waals surface area contributed by atoms with E-state index in [0.29, 0.717) is 5.69 Å². The number of benzene rings is 2. The van der Waals surface area contributed by atoms with Crippen LogP contribution in [0.2, 0.25) is 0 Å². The van der Waals surface area contributed by atoms with E-state index in [4.69, 9.17) is 0 Å². The molecule has 0 spiro atoms. The molecular formula is C19H19FN6O4S. The highest BCUT2D eigenvalue weighted by atomic mass is 32.2. The number of aromatic nitrogens is 4. The van der Waals surface area contributed by atoms with Crippen molar-refractivity contribution in [1.29, 1.82) is 0 Å². The molecule has 4 rings (SSSR count). The second kappa shape index (κ2) is 8.40. The molecule has 31 heavy (non-hydrogen) atoms.